The maximum Gasteiger partial charge on any atom is 0.264 e. The van der Waals surface area contributed by atoms with Crippen molar-refractivity contribution in [2.24, 2.45) is 0 Å². The highest BCUT2D eigenvalue weighted by Gasteiger charge is 2.18. The second-order valence-corrected chi connectivity index (χ2v) is 8.03. The van der Waals surface area contributed by atoms with E-state index in [9.17, 15) is 8.42 Å². The molecule has 3 aromatic carbocycles. The summed E-state index contributed by atoms with van der Waals surface area (Å²) in [5, 5.41) is 0.771. The number of ether oxygens (including phenoxy) is 1. The van der Waals surface area contributed by atoms with Crippen LogP contribution in [-0.4, -0.2) is 13.4 Å². The first-order valence-electron chi connectivity index (χ1n) is 8.72. The maximum absolute atomic E-state index is 12.8. The number of benzene rings is 3. The van der Waals surface area contributed by atoms with Crippen LogP contribution in [0.1, 0.15) is 5.56 Å². The van der Waals surface area contributed by atoms with Gasteiger partial charge in [-0.2, -0.15) is 0 Å². The average Bonchev–Trinajstić information content (AvgIpc) is 2.70. The van der Waals surface area contributed by atoms with Crippen LogP contribution in [0.5, 0.6) is 11.5 Å². The second kappa shape index (κ2) is 7.32. The molecule has 0 fully saturated rings. The fraction of sp³-hybridized carbons (Fsp3) is 0.0455. The minimum absolute atomic E-state index is 0.144. The number of sulfonamides is 1. The van der Waals surface area contributed by atoms with E-state index in [2.05, 4.69) is 9.71 Å². The molecule has 0 saturated heterocycles. The molecule has 0 radical (unpaired) electrons. The maximum atomic E-state index is 12.8. The minimum atomic E-state index is -3.77. The van der Waals surface area contributed by atoms with Gasteiger partial charge in [-0.3, -0.25) is 9.71 Å². The lowest BCUT2D eigenvalue weighted by Crippen LogP contribution is -2.13. The van der Waals surface area contributed by atoms with Gasteiger partial charge in [-0.15, -0.1) is 0 Å². The summed E-state index contributed by atoms with van der Waals surface area (Å²) in [5.74, 6) is 1.35. The van der Waals surface area contributed by atoms with Crippen molar-refractivity contribution in [3.8, 4) is 11.5 Å². The van der Waals surface area contributed by atoms with Gasteiger partial charge >= 0.3 is 0 Å². The van der Waals surface area contributed by atoms with Gasteiger partial charge in [0.1, 0.15) is 16.4 Å². The Labute approximate surface area is 163 Å². The zero-order valence-electron chi connectivity index (χ0n) is 15.2. The largest absolute Gasteiger partial charge is 0.457 e. The lowest BCUT2D eigenvalue weighted by Gasteiger charge is -2.11. The van der Waals surface area contributed by atoms with Gasteiger partial charge in [0.05, 0.1) is 5.52 Å². The van der Waals surface area contributed by atoms with Gasteiger partial charge < -0.3 is 4.74 Å². The summed E-state index contributed by atoms with van der Waals surface area (Å²) in [6.45, 7) is 2.01. The van der Waals surface area contributed by atoms with Crippen molar-refractivity contribution in [1.82, 2.24) is 4.98 Å². The first-order valence-corrected chi connectivity index (χ1v) is 10.2. The zero-order valence-corrected chi connectivity index (χ0v) is 16.0. The summed E-state index contributed by atoms with van der Waals surface area (Å²) in [4.78, 5) is 4.36. The normalized spacial score (nSPS) is 11.3. The van der Waals surface area contributed by atoms with E-state index < -0.39 is 10.0 Å². The lowest BCUT2D eigenvalue weighted by molar-refractivity contribution is 0.482. The van der Waals surface area contributed by atoms with Gasteiger partial charge in [0.15, 0.2) is 0 Å². The summed E-state index contributed by atoms with van der Waals surface area (Å²) in [6.07, 6.45) is 1.58. The number of aromatic nitrogens is 1. The number of para-hydroxylation sites is 1. The predicted molar refractivity (Wildman–Crippen MR) is 110 cm³/mol. The Balaban J connectivity index is 1.55. The number of rotatable bonds is 5. The molecule has 0 atom stereocenters. The van der Waals surface area contributed by atoms with Crippen molar-refractivity contribution in [3.63, 3.8) is 0 Å². The molecule has 0 amide bonds. The molecule has 0 bridgehead atoms. The molecule has 1 N–H and O–H groups in total. The Hall–Kier alpha value is -3.38. The van der Waals surface area contributed by atoms with Crippen LogP contribution in [0, 0.1) is 6.92 Å². The molecular formula is C22H18N2O3S. The van der Waals surface area contributed by atoms with Gasteiger partial charge in [-0.05, 0) is 55.5 Å². The number of aryl methyl sites for hydroxylation is 1. The molecular weight excluding hydrogens is 372 g/mol. The number of nitrogens with one attached hydrogen (secondary N) is 1. The van der Waals surface area contributed by atoms with Gasteiger partial charge in [0.2, 0.25) is 0 Å². The van der Waals surface area contributed by atoms with Crippen molar-refractivity contribution in [2.45, 2.75) is 11.8 Å². The fourth-order valence-electron chi connectivity index (χ4n) is 2.84. The smallest absolute Gasteiger partial charge is 0.264 e. The third kappa shape index (κ3) is 3.82. The van der Waals surface area contributed by atoms with Crippen LogP contribution in [0.15, 0.2) is 90.0 Å². The van der Waals surface area contributed by atoms with Crippen molar-refractivity contribution in [2.75, 3.05) is 4.72 Å². The Bertz CT molecular complexity index is 1210. The van der Waals surface area contributed by atoms with Crippen LogP contribution in [0.25, 0.3) is 10.9 Å². The summed E-state index contributed by atoms with van der Waals surface area (Å²) >= 11 is 0. The third-order valence-corrected chi connectivity index (χ3v) is 5.66. The Morgan fingerprint density at radius 3 is 2.18 bits per heavy atom. The van der Waals surface area contributed by atoms with Gasteiger partial charge in [0.25, 0.3) is 10.0 Å². The number of hydrogen-bond donors (Lipinski definition) is 1. The minimum Gasteiger partial charge on any atom is -0.457 e. The summed E-state index contributed by atoms with van der Waals surface area (Å²) in [7, 11) is -3.77. The van der Waals surface area contributed by atoms with Crippen molar-refractivity contribution < 1.29 is 13.2 Å². The topological polar surface area (TPSA) is 68.3 Å². The third-order valence-electron chi connectivity index (χ3n) is 4.25. The molecule has 4 rings (SSSR count). The van der Waals surface area contributed by atoms with E-state index in [4.69, 9.17) is 4.74 Å². The Kier molecular flexibility index (Phi) is 4.71. The SMILES string of the molecule is Cc1ccc(Oc2ccc(NS(=O)(=O)c3cccc4cccnc34)cc2)cc1. The van der Waals surface area contributed by atoms with Crippen molar-refractivity contribution >= 4 is 26.6 Å². The van der Waals surface area contributed by atoms with Crippen molar-refractivity contribution in [3.05, 3.63) is 90.6 Å². The predicted octanol–water partition coefficient (Wildman–Crippen LogP) is 5.14. The summed E-state index contributed by atoms with van der Waals surface area (Å²) in [5.41, 5.74) is 2.04. The van der Waals surface area contributed by atoms with Gasteiger partial charge in [0, 0.05) is 17.3 Å². The molecule has 4 aromatic rings. The quantitative estimate of drug-likeness (QED) is 0.512. The first-order chi connectivity index (χ1) is 13.5. The van der Waals surface area contributed by atoms with E-state index in [0.717, 1.165) is 16.7 Å². The van der Waals surface area contributed by atoms with Crippen LogP contribution >= 0.6 is 0 Å². The standard InChI is InChI=1S/C22H18N2O3S/c1-16-7-11-19(12-8-16)27-20-13-9-18(10-14-20)24-28(25,26)21-6-2-4-17-5-3-15-23-22(17)21/h2-15,24H,1H3. The number of hydrogen-bond acceptors (Lipinski definition) is 4. The zero-order chi connectivity index (χ0) is 19.6. The molecule has 6 heteroatoms. The number of fused-ring (bicyclic) bond motifs is 1. The van der Waals surface area contributed by atoms with E-state index in [1.54, 1.807) is 48.7 Å². The van der Waals surface area contributed by atoms with Crippen LogP contribution in [0.3, 0.4) is 0 Å². The van der Waals surface area contributed by atoms with E-state index in [0.29, 0.717) is 17.0 Å². The highest BCUT2D eigenvalue weighted by Crippen LogP contribution is 2.26. The second-order valence-electron chi connectivity index (χ2n) is 6.38. The molecule has 0 saturated carbocycles. The first kappa shape index (κ1) is 18.0. The highest BCUT2D eigenvalue weighted by atomic mass is 32.2. The average molecular weight is 390 g/mol. The molecule has 0 unspecified atom stereocenters. The number of anilines is 1. The van der Waals surface area contributed by atoms with Crippen LogP contribution in [0.2, 0.25) is 0 Å². The van der Waals surface area contributed by atoms with Gasteiger partial charge in [-0.25, -0.2) is 8.42 Å². The molecule has 0 aliphatic rings. The molecule has 0 aliphatic heterocycles. The van der Waals surface area contributed by atoms with E-state index in [-0.39, 0.29) is 4.90 Å². The molecule has 1 aromatic heterocycles. The highest BCUT2D eigenvalue weighted by molar-refractivity contribution is 7.93. The summed E-state index contributed by atoms with van der Waals surface area (Å²) in [6, 6.07) is 23.2. The molecule has 5 nitrogen and oxygen atoms in total. The Morgan fingerprint density at radius 1 is 0.821 bits per heavy atom. The van der Waals surface area contributed by atoms with Crippen molar-refractivity contribution in [1.29, 1.82) is 0 Å². The van der Waals surface area contributed by atoms with E-state index in [1.165, 1.54) is 0 Å². The van der Waals surface area contributed by atoms with Crippen LogP contribution < -0.4 is 9.46 Å². The molecule has 28 heavy (non-hydrogen) atoms. The van der Waals surface area contributed by atoms with E-state index in [1.807, 2.05) is 43.3 Å². The monoisotopic (exact) mass is 390 g/mol. The lowest BCUT2D eigenvalue weighted by atomic mass is 10.2. The Morgan fingerprint density at radius 2 is 1.46 bits per heavy atom. The molecule has 1 heterocycles. The molecule has 140 valence electrons. The molecule has 0 spiro atoms. The van der Waals surface area contributed by atoms with Gasteiger partial charge in [-0.1, -0.05) is 35.9 Å². The number of nitrogens with zero attached hydrogens (tertiary/aromatic N) is 1. The van der Waals surface area contributed by atoms with E-state index >= 15 is 0 Å². The van der Waals surface area contributed by atoms with Crippen LogP contribution in [0.4, 0.5) is 5.69 Å². The number of pyridine rings is 1. The van der Waals surface area contributed by atoms with Crippen LogP contribution in [-0.2, 0) is 10.0 Å². The molecule has 0 aliphatic carbocycles. The fourth-order valence-corrected chi connectivity index (χ4v) is 4.08. The summed E-state index contributed by atoms with van der Waals surface area (Å²) < 4.78 is 34.1.